The molecule has 1 atom stereocenters. The Morgan fingerprint density at radius 3 is 2.23 bits per heavy atom. The van der Waals surface area contributed by atoms with E-state index in [1.807, 2.05) is 13.0 Å². The van der Waals surface area contributed by atoms with Crippen LogP contribution in [0.15, 0.2) is 18.2 Å². The van der Waals surface area contributed by atoms with Crippen LogP contribution in [0.3, 0.4) is 0 Å². The van der Waals surface area contributed by atoms with E-state index in [2.05, 4.69) is 12.2 Å². The second-order valence-electron chi connectivity index (χ2n) is 7.75. The summed E-state index contributed by atoms with van der Waals surface area (Å²) in [7, 11) is 0. The molecular weight excluding hydrogens is 398 g/mol. The summed E-state index contributed by atoms with van der Waals surface area (Å²) >= 11 is 0. The summed E-state index contributed by atoms with van der Waals surface area (Å²) in [5, 5.41) is 21.6. The number of hydrogen-bond donors (Lipinski definition) is 3. The van der Waals surface area contributed by atoms with Crippen molar-refractivity contribution < 1.29 is 29.3 Å². The van der Waals surface area contributed by atoms with Gasteiger partial charge in [0.15, 0.2) is 17.6 Å². The van der Waals surface area contributed by atoms with Crippen LogP contribution in [0.4, 0.5) is 5.69 Å². The lowest BCUT2D eigenvalue weighted by molar-refractivity contribution is -0.145. The van der Waals surface area contributed by atoms with Crippen molar-refractivity contribution in [3.8, 4) is 11.5 Å². The Kier molecular flexibility index (Phi) is 14.0. The van der Waals surface area contributed by atoms with Gasteiger partial charge < -0.3 is 25.0 Å². The molecule has 1 aromatic rings. The molecule has 0 heterocycles. The van der Waals surface area contributed by atoms with Gasteiger partial charge in [0.1, 0.15) is 0 Å². The highest BCUT2D eigenvalue weighted by atomic mass is 16.5. The zero-order valence-corrected chi connectivity index (χ0v) is 19.0. The van der Waals surface area contributed by atoms with Crippen LogP contribution in [-0.2, 0) is 9.59 Å². The molecule has 0 saturated carbocycles. The van der Waals surface area contributed by atoms with Crippen molar-refractivity contribution in [1.82, 2.24) is 0 Å². The van der Waals surface area contributed by atoms with Gasteiger partial charge in [0.2, 0.25) is 0 Å². The first kappa shape index (κ1) is 26.6. The summed E-state index contributed by atoms with van der Waals surface area (Å²) in [6, 6.07) is 5.28. The number of carboxylic acids is 2. The Morgan fingerprint density at radius 1 is 0.935 bits per heavy atom. The van der Waals surface area contributed by atoms with Crippen molar-refractivity contribution in [3.05, 3.63) is 18.2 Å². The lowest BCUT2D eigenvalue weighted by atomic mass is 10.1. The van der Waals surface area contributed by atoms with Crippen molar-refractivity contribution in [2.24, 2.45) is 0 Å². The Hall–Kier alpha value is -2.44. The molecule has 31 heavy (non-hydrogen) atoms. The average molecular weight is 438 g/mol. The number of ether oxygens (including phenoxy) is 2. The minimum atomic E-state index is -0.990. The fourth-order valence-electron chi connectivity index (χ4n) is 3.29. The molecule has 176 valence electrons. The number of anilines is 1. The molecule has 0 spiro atoms. The van der Waals surface area contributed by atoms with E-state index in [-0.39, 0.29) is 13.0 Å². The Morgan fingerprint density at radius 2 is 1.61 bits per heavy atom. The van der Waals surface area contributed by atoms with Crippen molar-refractivity contribution in [2.75, 3.05) is 18.5 Å². The molecule has 0 fully saturated rings. The van der Waals surface area contributed by atoms with Gasteiger partial charge in [0.25, 0.3) is 0 Å². The third-order valence-electron chi connectivity index (χ3n) is 4.98. The van der Waals surface area contributed by atoms with Gasteiger partial charge in [-0.15, -0.1) is 0 Å². The molecule has 0 aliphatic carbocycles. The molecule has 0 radical (unpaired) electrons. The van der Waals surface area contributed by atoms with Crippen LogP contribution in [-0.4, -0.2) is 41.4 Å². The number of nitrogens with one attached hydrogen (secondary N) is 1. The third-order valence-corrected chi connectivity index (χ3v) is 4.98. The molecule has 1 rings (SSSR count). The van der Waals surface area contributed by atoms with Crippen LogP contribution >= 0.6 is 0 Å². The molecular formula is C24H39NO6. The highest BCUT2D eigenvalue weighted by Gasteiger charge is 2.21. The highest BCUT2D eigenvalue weighted by Crippen LogP contribution is 2.32. The lowest BCUT2D eigenvalue weighted by Crippen LogP contribution is -2.27. The maximum Gasteiger partial charge on any atom is 0.344 e. The van der Waals surface area contributed by atoms with Crippen molar-refractivity contribution in [1.29, 1.82) is 0 Å². The molecule has 0 saturated heterocycles. The molecule has 7 nitrogen and oxygen atoms in total. The van der Waals surface area contributed by atoms with Gasteiger partial charge in [-0.1, -0.05) is 51.9 Å². The quantitative estimate of drug-likeness (QED) is 0.238. The summed E-state index contributed by atoms with van der Waals surface area (Å²) in [5.41, 5.74) is 0.832. The minimum Gasteiger partial charge on any atom is -0.490 e. The van der Waals surface area contributed by atoms with Crippen LogP contribution in [0, 0.1) is 0 Å². The van der Waals surface area contributed by atoms with E-state index in [1.165, 1.54) is 32.1 Å². The molecule has 0 aliphatic rings. The summed E-state index contributed by atoms with van der Waals surface area (Å²) < 4.78 is 11.5. The van der Waals surface area contributed by atoms with E-state index >= 15 is 0 Å². The Bertz CT molecular complexity index is 649. The fourth-order valence-corrected chi connectivity index (χ4v) is 3.29. The van der Waals surface area contributed by atoms with E-state index < -0.39 is 18.0 Å². The molecule has 3 N–H and O–H groups in total. The van der Waals surface area contributed by atoms with Gasteiger partial charge in [0.05, 0.1) is 6.61 Å². The Labute approximate surface area is 186 Å². The van der Waals surface area contributed by atoms with Crippen LogP contribution in [0.5, 0.6) is 11.5 Å². The van der Waals surface area contributed by atoms with E-state index in [0.717, 1.165) is 31.5 Å². The first-order valence-electron chi connectivity index (χ1n) is 11.6. The van der Waals surface area contributed by atoms with Crippen LogP contribution in [0.2, 0.25) is 0 Å². The standard InChI is InChI=1S/C24H39NO6/c1-3-5-6-7-8-9-10-11-13-21(24(28)29)31-20-16-15-19(25-4-2)18-22(20)30-17-12-14-23(26)27/h15-16,18,21,25H,3-14,17H2,1-2H3,(H,26,27)(H,28,29). The maximum atomic E-state index is 11.7. The summed E-state index contributed by atoms with van der Waals surface area (Å²) in [5.74, 6) is -1.08. The van der Waals surface area contributed by atoms with Crippen LogP contribution in [0.1, 0.15) is 84.5 Å². The monoisotopic (exact) mass is 437 g/mol. The van der Waals surface area contributed by atoms with E-state index in [4.69, 9.17) is 14.6 Å². The van der Waals surface area contributed by atoms with Crippen molar-refractivity contribution in [3.63, 3.8) is 0 Å². The zero-order valence-electron chi connectivity index (χ0n) is 19.0. The number of hydrogen-bond acceptors (Lipinski definition) is 5. The largest absolute Gasteiger partial charge is 0.490 e. The SMILES string of the molecule is CCCCCCCCCCC(Oc1ccc(NCC)cc1OCCCC(=O)O)C(=O)O. The van der Waals surface area contributed by atoms with Crippen molar-refractivity contribution in [2.45, 2.75) is 90.6 Å². The first-order valence-corrected chi connectivity index (χ1v) is 11.6. The van der Waals surface area contributed by atoms with Crippen molar-refractivity contribution >= 4 is 17.6 Å². The Balaban J connectivity index is 2.62. The third kappa shape index (κ3) is 12.1. The smallest absolute Gasteiger partial charge is 0.344 e. The summed E-state index contributed by atoms with van der Waals surface area (Å²) in [6.07, 6.45) is 9.02. The fraction of sp³-hybridized carbons (Fsp3) is 0.667. The van der Waals surface area contributed by atoms with Gasteiger partial charge in [0, 0.05) is 24.7 Å². The van der Waals surface area contributed by atoms with Gasteiger partial charge in [-0.3, -0.25) is 4.79 Å². The maximum absolute atomic E-state index is 11.7. The van der Waals surface area contributed by atoms with E-state index in [9.17, 15) is 14.7 Å². The van der Waals surface area contributed by atoms with Gasteiger partial charge >= 0.3 is 11.9 Å². The van der Waals surface area contributed by atoms with Gasteiger partial charge in [-0.25, -0.2) is 4.79 Å². The molecule has 0 aliphatic heterocycles. The average Bonchev–Trinajstić information content (AvgIpc) is 2.73. The number of rotatable bonds is 19. The number of benzene rings is 1. The van der Waals surface area contributed by atoms with E-state index in [0.29, 0.717) is 24.3 Å². The molecule has 0 amide bonds. The number of aliphatic carboxylic acids is 2. The minimum absolute atomic E-state index is 0.0132. The van der Waals surface area contributed by atoms with Crippen LogP contribution in [0.25, 0.3) is 0 Å². The van der Waals surface area contributed by atoms with Gasteiger partial charge in [-0.2, -0.15) is 0 Å². The second-order valence-corrected chi connectivity index (χ2v) is 7.75. The summed E-state index contributed by atoms with van der Waals surface area (Å²) in [4.78, 5) is 22.4. The predicted molar refractivity (Wildman–Crippen MR) is 122 cm³/mol. The topological polar surface area (TPSA) is 105 Å². The zero-order chi connectivity index (χ0) is 22.9. The number of carboxylic acid groups (broad SMARTS) is 2. The van der Waals surface area contributed by atoms with Gasteiger partial charge in [-0.05, 0) is 38.3 Å². The molecule has 7 heteroatoms. The number of carbonyl (C=O) groups is 2. The number of unbranched alkanes of at least 4 members (excludes halogenated alkanes) is 7. The first-order chi connectivity index (χ1) is 15.0. The predicted octanol–water partition coefficient (Wildman–Crippen LogP) is 5.72. The lowest BCUT2D eigenvalue weighted by Gasteiger charge is -2.19. The summed E-state index contributed by atoms with van der Waals surface area (Å²) in [6.45, 7) is 5.12. The van der Waals surface area contributed by atoms with E-state index in [1.54, 1.807) is 12.1 Å². The van der Waals surface area contributed by atoms with Crippen LogP contribution < -0.4 is 14.8 Å². The highest BCUT2D eigenvalue weighted by molar-refractivity contribution is 5.73. The molecule has 0 aromatic heterocycles. The molecule has 0 bridgehead atoms. The molecule has 1 aromatic carbocycles. The second kappa shape index (κ2) is 16.3. The molecule has 1 unspecified atom stereocenters. The normalized spacial score (nSPS) is 11.7.